The molecular formula is C14H9F3INO. The van der Waals surface area contributed by atoms with Gasteiger partial charge in [0.1, 0.15) is 5.82 Å². The number of anilines is 2. The summed E-state index contributed by atoms with van der Waals surface area (Å²) < 4.78 is 41.5. The number of nitrogens with one attached hydrogen (secondary N) is 1. The predicted molar refractivity (Wildman–Crippen MR) is 78.8 cm³/mol. The van der Waals surface area contributed by atoms with Crippen molar-refractivity contribution in [2.24, 2.45) is 0 Å². The Kier molecular flexibility index (Phi) is 4.32. The minimum atomic E-state index is -1.21. The summed E-state index contributed by atoms with van der Waals surface area (Å²) in [7, 11) is 0. The summed E-state index contributed by atoms with van der Waals surface area (Å²) in [5.41, 5.74) is -0.433. The van der Waals surface area contributed by atoms with Gasteiger partial charge in [-0.15, -0.1) is 0 Å². The van der Waals surface area contributed by atoms with Crippen LogP contribution in [-0.2, 0) is 0 Å². The van der Waals surface area contributed by atoms with Crippen LogP contribution in [0.4, 0.5) is 24.5 Å². The number of hydrogen-bond donors (Lipinski definition) is 1. The zero-order chi connectivity index (χ0) is 14.9. The van der Waals surface area contributed by atoms with Gasteiger partial charge in [-0.3, -0.25) is 4.79 Å². The van der Waals surface area contributed by atoms with Gasteiger partial charge in [-0.05, 0) is 59.8 Å². The second kappa shape index (κ2) is 5.82. The van der Waals surface area contributed by atoms with Gasteiger partial charge >= 0.3 is 0 Å². The fraction of sp³-hybridized carbons (Fsp3) is 0.0714. The number of halogens is 4. The maximum Gasteiger partial charge on any atom is 0.182 e. The second-order valence-corrected chi connectivity index (χ2v) is 5.33. The highest BCUT2D eigenvalue weighted by atomic mass is 127. The van der Waals surface area contributed by atoms with Crippen molar-refractivity contribution < 1.29 is 18.0 Å². The molecule has 0 spiro atoms. The van der Waals surface area contributed by atoms with Gasteiger partial charge in [-0.2, -0.15) is 0 Å². The zero-order valence-corrected chi connectivity index (χ0v) is 12.5. The summed E-state index contributed by atoms with van der Waals surface area (Å²) in [6.07, 6.45) is 0. The van der Waals surface area contributed by atoms with Crippen LogP contribution in [0.3, 0.4) is 0 Å². The van der Waals surface area contributed by atoms with E-state index in [0.717, 1.165) is 12.1 Å². The smallest absolute Gasteiger partial charge is 0.182 e. The minimum absolute atomic E-state index is 0.0302. The average Bonchev–Trinajstić information content (AvgIpc) is 2.37. The molecule has 0 aliphatic carbocycles. The SMILES string of the molecule is CC(=O)c1ccc(F)c(F)c1Nc1ccc(I)cc1F. The van der Waals surface area contributed by atoms with E-state index in [0.29, 0.717) is 3.57 Å². The molecule has 0 radical (unpaired) electrons. The molecule has 20 heavy (non-hydrogen) atoms. The van der Waals surface area contributed by atoms with E-state index < -0.39 is 23.2 Å². The Morgan fingerprint density at radius 3 is 2.40 bits per heavy atom. The van der Waals surface area contributed by atoms with E-state index in [1.54, 1.807) is 6.07 Å². The molecule has 0 unspecified atom stereocenters. The predicted octanol–water partition coefficient (Wildman–Crippen LogP) is 4.65. The fourth-order valence-corrected chi connectivity index (χ4v) is 2.14. The molecule has 6 heteroatoms. The number of rotatable bonds is 3. The van der Waals surface area contributed by atoms with Gasteiger partial charge in [-0.1, -0.05) is 0 Å². The lowest BCUT2D eigenvalue weighted by molar-refractivity contribution is 0.101. The number of hydrogen-bond acceptors (Lipinski definition) is 2. The van der Waals surface area contributed by atoms with Crippen molar-refractivity contribution in [3.8, 4) is 0 Å². The van der Waals surface area contributed by atoms with E-state index in [2.05, 4.69) is 5.32 Å². The van der Waals surface area contributed by atoms with Gasteiger partial charge in [0.2, 0.25) is 0 Å². The number of ketones is 1. The third-order valence-corrected chi connectivity index (χ3v) is 3.34. The Balaban J connectivity index is 2.52. The van der Waals surface area contributed by atoms with Crippen molar-refractivity contribution in [2.75, 3.05) is 5.32 Å². The number of benzene rings is 2. The van der Waals surface area contributed by atoms with Crippen LogP contribution in [0.15, 0.2) is 30.3 Å². The van der Waals surface area contributed by atoms with Crippen molar-refractivity contribution in [2.45, 2.75) is 6.92 Å². The standard InChI is InChI=1S/C14H9F3INO/c1-7(20)9-3-4-10(15)13(17)14(9)19-12-5-2-8(18)6-11(12)16/h2-6,19H,1H3. The molecular weight excluding hydrogens is 382 g/mol. The van der Waals surface area contributed by atoms with Gasteiger partial charge in [0.15, 0.2) is 17.4 Å². The molecule has 2 aromatic rings. The molecule has 2 rings (SSSR count). The molecule has 0 bridgehead atoms. The van der Waals surface area contributed by atoms with E-state index in [1.807, 2.05) is 22.6 Å². The van der Waals surface area contributed by atoms with E-state index in [-0.39, 0.29) is 16.9 Å². The summed E-state index contributed by atoms with van der Waals surface area (Å²) in [5, 5.41) is 2.44. The second-order valence-electron chi connectivity index (χ2n) is 4.09. The summed E-state index contributed by atoms with van der Waals surface area (Å²) in [5.74, 6) is -3.38. The van der Waals surface area contributed by atoms with E-state index in [9.17, 15) is 18.0 Å². The molecule has 0 amide bonds. The van der Waals surface area contributed by atoms with Gasteiger partial charge in [0.25, 0.3) is 0 Å². The lowest BCUT2D eigenvalue weighted by Crippen LogP contribution is -2.06. The highest BCUT2D eigenvalue weighted by Crippen LogP contribution is 2.28. The first-order valence-corrected chi connectivity index (χ1v) is 6.69. The monoisotopic (exact) mass is 391 g/mol. The van der Waals surface area contributed by atoms with E-state index in [1.165, 1.54) is 19.1 Å². The molecule has 104 valence electrons. The Morgan fingerprint density at radius 2 is 1.80 bits per heavy atom. The third kappa shape index (κ3) is 2.95. The van der Waals surface area contributed by atoms with Gasteiger partial charge in [0, 0.05) is 9.13 Å². The fourth-order valence-electron chi connectivity index (χ4n) is 1.69. The van der Waals surface area contributed by atoms with Gasteiger partial charge < -0.3 is 5.32 Å². The maximum absolute atomic E-state index is 13.8. The first-order valence-electron chi connectivity index (χ1n) is 5.61. The highest BCUT2D eigenvalue weighted by molar-refractivity contribution is 14.1. The molecule has 0 aliphatic rings. The normalized spacial score (nSPS) is 10.4. The minimum Gasteiger partial charge on any atom is -0.350 e. The Bertz CT molecular complexity index is 688. The van der Waals surface area contributed by atoms with Crippen LogP contribution in [0, 0.1) is 21.0 Å². The average molecular weight is 391 g/mol. The summed E-state index contributed by atoms with van der Waals surface area (Å²) >= 11 is 1.93. The largest absolute Gasteiger partial charge is 0.350 e. The van der Waals surface area contributed by atoms with Crippen molar-refractivity contribution in [3.05, 3.63) is 56.9 Å². The Hall–Kier alpha value is -1.57. The summed E-state index contributed by atoms with van der Waals surface area (Å²) in [6.45, 7) is 1.22. The van der Waals surface area contributed by atoms with Crippen molar-refractivity contribution >= 4 is 39.7 Å². The Morgan fingerprint density at radius 1 is 1.10 bits per heavy atom. The quantitative estimate of drug-likeness (QED) is 0.610. The summed E-state index contributed by atoms with van der Waals surface area (Å²) in [6, 6.07) is 6.27. The third-order valence-electron chi connectivity index (χ3n) is 2.66. The molecule has 2 aromatic carbocycles. The van der Waals surface area contributed by atoms with Gasteiger partial charge in [-0.25, -0.2) is 13.2 Å². The first kappa shape index (κ1) is 14.8. The molecule has 0 heterocycles. The zero-order valence-electron chi connectivity index (χ0n) is 10.3. The molecule has 0 aromatic heterocycles. The van der Waals surface area contributed by atoms with Crippen LogP contribution < -0.4 is 5.32 Å². The van der Waals surface area contributed by atoms with Crippen LogP contribution in [0.1, 0.15) is 17.3 Å². The number of carbonyl (C=O) groups is 1. The Labute approximate surface area is 127 Å². The molecule has 0 atom stereocenters. The first-order chi connectivity index (χ1) is 9.40. The maximum atomic E-state index is 13.8. The summed E-state index contributed by atoms with van der Waals surface area (Å²) in [4.78, 5) is 11.4. The van der Waals surface area contributed by atoms with Crippen LogP contribution in [0.2, 0.25) is 0 Å². The molecule has 0 saturated carbocycles. The lowest BCUT2D eigenvalue weighted by Gasteiger charge is -2.12. The van der Waals surface area contributed by atoms with Crippen LogP contribution in [0.25, 0.3) is 0 Å². The van der Waals surface area contributed by atoms with E-state index >= 15 is 0 Å². The van der Waals surface area contributed by atoms with Gasteiger partial charge in [0.05, 0.1) is 11.4 Å². The lowest BCUT2D eigenvalue weighted by atomic mass is 10.1. The van der Waals surface area contributed by atoms with Crippen molar-refractivity contribution in [1.29, 1.82) is 0 Å². The molecule has 1 N–H and O–H groups in total. The molecule has 0 saturated heterocycles. The van der Waals surface area contributed by atoms with Crippen LogP contribution in [-0.4, -0.2) is 5.78 Å². The topological polar surface area (TPSA) is 29.1 Å². The number of carbonyl (C=O) groups excluding carboxylic acids is 1. The van der Waals surface area contributed by atoms with Crippen molar-refractivity contribution in [1.82, 2.24) is 0 Å². The molecule has 2 nitrogen and oxygen atoms in total. The molecule has 0 aliphatic heterocycles. The van der Waals surface area contributed by atoms with E-state index in [4.69, 9.17) is 0 Å². The number of Topliss-reactive ketones (excluding diaryl/α,β-unsaturated/α-hetero) is 1. The van der Waals surface area contributed by atoms with Crippen molar-refractivity contribution in [3.63, 3.8) is 0 Å². The van der Waals surface area contributed by atoms with Crippen LogP contribution >= 0.6 is 22.6 Å². The highest BCUT2D eigenvalue weighted by Gasteiger charge is 2.17. The molecule has 0 fully saturated rings. The van der Waals surface area contributed by atoms with Crippen LogP contribution in [0.5, 0.6) is 0 Å².